The Morgan fingerprint density at radius 1 is 1.09 bits per heavy atom. The second-order valence-electron chi connectivity index (χ2n) is 7.29. The van der Waals surface area contributed by atoms with Gasteiger partial charge in [-0.1, -0.05) is 12.1 Å². The SMILES string of the molecule is COc1cc(NC(=O)N2CCCNc3ccc(-c4cccc(C(F)(F)F)c4)nc32)nc(OC)n1. The average molecular weight is 474 g/mol. The van der Waals surface area contributed by atoms with Crippen LogP contribution in [-0.2, 0) is 6.18 Å². The molecule has 1 aliphatic rings. The summed E-state index contributed by atoms with van der Waals surface area (Å²) >= 11 is 0. The number of methoxy groups -OCH3 is 2. The average Bonchev–Trinajstić information content (AvgIpc) is 3.05. The first-order chi connectivity index (χ1) is 16.3. The Bertz CT molecular complexity index is 1180. The summed E-state index contributed by atoms with van der Waals surface area (Å²) in [6, 6.07) is 9.12. The molecule has 2 aromatic heterocycles. The molecule has 2 amide bonds. The highest BCUT2D eigenvalue weighted by molar-refractivity contribution is 6.03. The summed E-state index contributed by atoms with van der Waals surface area (Å²) in [7, 11) is 2.81. The number of fused-ring (bicyclic) bond motifs is 1. The van der Waals surface area contributed by atoms with Crippen LogP contribution in [0, 0.1) is 0 Å². The fourth-order valence-electron chi connectivity index (χ4n) is 3.41. The summed E-state index contributed by atoms with van der Waals surface area (Å²) in [5, 5.41) is 5.87. The molecule has 178 valence electrons. The highest BCUT2D eigenvalue weighted by atomic mass is 19.4. The molecule has 0 saturated heterocycles. The Labute approximate surface area is 192 Å². The number of alkyl halides is 3. The Kier molecular flexibility index (Phi) is 6.39. The predicted octanol–water partition coefficient (Wildman–Crippen LogP) is 4.43. The third-order valence-corrected chi connectivity index (χ3v) is 5.04. The molecule has 0 bridgehead atoms. The van der Waals surface area contributed by atoms with Crippen LogP contribution in [0.1, 0.15) is 12.0 Å². The maximum Gasteiger partial charge on any atom is 0.416 e. The predicted molar refractivity (Wildman–Crippen MR) is 119 cm³/mol. The molecule has 34 heavy (non-hydrogen) atoms. The van der Waals surface area contributed by atoms with Crippen molar-refractivity contribution in [2.24, 2.45) is 0 Å². The number of nitrogens with one attached hydrogen (secondary N) is 2. The van der Waals surface area contributed by atoms with E-state index in [1.165, 1.54) is 37.3 Å². The van der Waals surface area contributed by atoms with Gasteiger partial charge in [-0.05, 0) is 30.7 Å². The molecule has 4 rings (SSSR count). The Balaban J connectivity index is 1.67. The number of urea groups is 1. The lowest BCUT2D eigenvalue weighted by Crippen LogP contribution is -2.36. The van der Waals surface area contributed by atoms with Crippen LogP contribution in [0.25, 0.3) is 11.3 Å². The van der Waals surface area contributed by atoms with Gasteiger partial charge in [-0.3, -0.25) is 10.2 Å². The smallest absolute Gasteiger partial charge is 0.416 e. The zero-order valence-electron chi connectivity index (χ0n) is 18.3. The standard InChI is InChI=1S/C22H21F3N6O3/c1-33-18-12-17(28-20(30-18)34-2)29-21(32)31-10-4-9-26-16-8-7-15(27-19(16)31)13-5-3-6-14(11-13)22(23,24)25/h3,5-8,11-12,26H,4,9-10H2,1-2H3,(H,28,29,30,32). The van der Waals surface area contributed by atoms with Crippen LogP contribution in [0.2, 0.25) is 0 Å². The molecule has 0 saturated carbocycles. The van der Waals surface area contributed by atoms with E-state index in [9.17, 15) is 18.0 Å². The topological polar surface area (TPSA) is 102 Å². The number of ether oxygens (including phenoxy) is 2. The first-order valence-electron chi connectivity index (χ1n) is 10.3. The number of halogens is 3. The van der Waals surface area contributed by atoms with Crippen LogP contribution in [0.15, 0.2) is 42.5 Å². The number of anilines is 3. The molecular weight excluding hydrogens is 453 g/mol. The van der Waals surface area contributed by atoms with Crippen LogP contribution < -0.4 is 25.0 Å². The van der Waals surface area contributed by atoms with E-state index in [2.05, 4.69) is 25.6 Å². The zero-order valence-corrected chi connectivity index (χ0v) is 18.3. The van der Waals surface area contributed by atoms with Gasteiger partial charge in [-0.25, -0.2) is 9.78 Å². The fourth-order valence-corrected chi connectivity index (χ4v) is 3.41. The summed E-state index contributed by atoms with van der Waals surface area (Å²) in [4.78, 5) is 27.2. The van der Waals surface area contributed by atoms with Gasteiger partial charge in [0.05, 0.1) is 31.2 Å². The van der Waals surface area contributed by atoms with E-state index < -0.39 is 17.8 Å². The normalized spacial score (nSPS) is 13.4. The fraction of sp³-hybridized carbons (Fsp3) is 0.273. The highest BCUT2D eigenvalue weighted by Gasteiger charge is 2.31. The molecular formula is C22H21F3N6O3. The van der Waals surface area contributed by atoms with Crippen molar-refractivity contribution in [1.82, 2.24) is 15.0 Å². The number of carbonyl (C=O) groups excluding carboxylic acids is 1. The van der Waals surface area contributed by atoms with Gasteiger partial charge in [0, 0.05) is 24.7 Å². The van der Waals surface area contributed by atoms with Crippen molar-refractivity contribution in [1.29, 1.82) is 0 Å². The van der Waals surface area contributed by atoms with E-state index in [0.29, 0.717) is 30.9 Å². The largest absolute Gasteiger partial charge is 0.481 e. The van der Waals surface area contributed by atoms with E-state index in [4.69, 9.17) is 9.47 Å². The number of hydrogen-bond acceptors (Lipinski definition) is 7. The Morgan fingerprint density at radius 3 is 2.65 bits per heavy atom. The van der Waals surface area contributed by atoms with Gasteiger partial charge in [0.25, 0.3) is 0 Å². The number of amides is 2. The molecule has 0 atom stereocenters. The second-order valence-corrected chi connectivity index (χ2v) is 7.29. The van der Waals surface area contributed by atoms with E-state index in [1.807, 2.05) is 0 Å². The van der Waals surface area contributed by atoms with E-state index in [0.717, 1.165) is 12.1 Å². The first-order valence-corrected chi connectivity index (χ1v) is 10.3. The van der Waals surface area contributed by atoms with Crippen molar-refractivity contribution < 1.29 is 27.4 Å². The van der Waals surface area contributed by atoms with E-state index in [1.54, 1.807) is 12.1 Å². The zero-order chi connectivity index (χ0) is 24.3. The number of carbonyl (C=O) groups is 1. The number of benzene rings is 1. The van der Waals surface area contributed by atoms with Gasteiger partial charge in [-0.2, -0.15) is 23.1 Å². The van der Waals surface area contributed by atoms with Gasteiger partial charge in [0.2, 0.25) is 5.88 Å². The number of aromatic nitrogens is 3. The van der Waals surface area contributed by atoms with Crippen LogP contribution in [0.4, 0.5) is 35.3 Å². The van der Waals surface area contributed by atoms with Gasteiger partial charge in [0.15, 0.2) is 5.82 Å². The Hall–Kier alpha value is -4.09. The molecule has 3 heterocycles. The lowest BCUT2D eigenvalue weighted by atomic mass is 10.1. The van der Waals surface area contributed by atoms with Crippen LogP contribution in [0.5, 0.6) is 11.9 Å². The molecule has 2 N–H and O–H groups in total. The summed E-state index contributed by atoms with van der Waals surface area (Å²) in [6.07, 6.45) is -3.85. The molecule has 1 aliphatic heterocycles. The maximum absolute atomic E-state index is 13.2. The van der Waals surface area contributed by atoms with Crippen LogP contribution >= 0.6 is 0 Å². The lowest BCUT2D eigenvalue weighted by molar-refractivity contribution is -0.137. The second kappa shape index (κ2) is 9.41. The third kappa shape index (κ3) is 4.95. The summed E-state index contributed by atoms with van der Waals surface area (Å²) in [5.41, 5.74) is 0.395. The van der Waals surface area contributed by atoms with Crippen LogP contribution in [0.3, 0.4) is 0 Å². The number of pyridine rings is 1. The van der Waals surface area contributed by atoms with E-state index >= 15 is 0 Å². The highest BCUT2D eigenvalue weighted by Crippen LogP contribution is 2.34. The molecule has 0 radical (unpaired) electrons. The minimum absolute atomic E-state index is 0.0116. The van der Waals surface area contributed by atoms with Crippen molar-refractivity contribution >= 4 is 23.4 Å². The van der Waals surface area contributed by atoms with Crippen LogP contribution in [-0.4, -0.2) is 48.3 Å². The monoisotopic (exact) mass is 474 g/mol. The molecule has 9 nitrogen and oxygen atoms in total. The first kappa shape index (κ1) is 23.1. The molecule has 3 aromatic rings. The summed E-state index contributed by atoms with van der Waals surface area (Å²) in [5.74, 6) is 0.643. The number of nitrogens with zero attached hydrogens (tertiary/aromatic N) is 4. The van der Waals surface area contributed by atoms with Crippen molar-refractivity contribution in [3.8, 4) is 23.1 Å². The lowest BCUT2D eigenvalue weighted by Gasteiger charge is -2.22. The molecule has 0 fully saturated rings. The quantitative estimate of drug-likeness (QED) is 0.577. The maximum atomic E-state index is 13.2. The van der Waals surface area contributed by atoms with Crippen molar-refractivity contribution in [2.45, 2.75) is 12.6 Å². The van der Waals surface area contributed by atoms with E-state index in [-0.39, 0.29) is 29.1 Å². The third-order valence-electron chi connectivity index (χ3n) is 5.04. The molecule has 0 aliphatic carbocycles. The number of hydrogen-bond donors (Lipinski definition) is 2. The van der Waals surface area contributed by atoms with Crippen molar-refractivity contribution in [2.75, 3.05) is 42.8 Å². The van der Waals surface area contributed by atoms with Gasteiger partial charge >= 0.3 is 18.2 Å². The summed E-state index contributed by atoms with van der Waals surface area (Å²) < 4.78 is 49.7. The minimum Gasteiger partial charge on any atom is -0.481 e. The molecule has 12 heteroatoms. The molecule has 0 spiro atoms. The van der Waals surface area contributed by atoms with Gasteiger partial charge < -0.3 is 14.8 Å². The summed E-state index contributed by atoms with van der Waals surface area (Å²) in [6.45, 7) is 0.917. The van der Waals surface area contributed by atoms with Gasteiger partial charge in [0.1, 0.15) is 5.82 Å². The minimum atomic E-state index is -4.48. The number of rotatable bonds is 4. The Morgan fingerprint density at radius 2 is 1.91 bits per heavy atom. The van der Waals surface area contributed by atoms with Crippen molar-refractivity contribution in [3.05, 3.63) is 48.0 Å². The van der Waals surface area contributed by atoms with Crippen molar-refractivity contribution in [3.63, 3.8) is 0 Å². The molecule has 1 aromatic carbocycles. The molecule has 0 unspecified atom stereocenters. The van der Waals surface area contributed by atoms with Gasteiger partial charge in [-0.15, -0.1) is 0 Å².